The first-order chi connectivity index (χ1) is 8.74. The molecular weight excluding hydrogens is 250 g/mol. The second kappa shape index (κ2) is 6.06. The Labute approximate surface area is 113 Å². The summed E-state index contributed by atoms with van der Waals surface area (Å²) in [6, 6.07) is -0.352. The number of ether oxygens (including phenoxy) is 2. The molecule has 0 saturated heterocycles. The van der Waals surface area contributed by atoms with E-state index in [9.17, 15) is 9.59 Å². The lowest BCUT2D eigenvalue weighted by Crippen LogP contribution is -2.45. The molecule has 0 aliphatic carbocycles. The fourth-order valence-electron chi connectivity index (χ4n) is 1.89. The number of hydrogen-bond acceptors (Lipinski definition) is 4. The van der Waals surface area contributed by atoms with E-state index < -0.39 is 17.7 Å². The minimum absolute atomic E-state index is 0.179. The number of esters is 1. The SMILES string of the molecule is COC[C@@H]1CC(C(=O)OC(C)(C)C)=CCN1C(=O)O. The summed E-state index contributed by atoms with van der Waals surface area (Å²) in [6.45, 7) is 5.82. The number of amides is 1. The second-order valence-corrected chi connectivity index (χ2v) is 5.48. The Morgan fingerprint density at radius 2 is 2.11 bits per heavy atom. The molecule has 1 atom stereocenters. The Morgan fingerprint density at radius 3 is 2.58 bits per heavy atom. The quantitative estimate of drug-likeness (QED) is 0.790. The first-order valence-corrected chi connectivity index (χ1v) is 6.15. The van der Waals surface area contributed by atoms with Gasteiger partial charge >= 0.3 is 12.1 Å². The highest BCUT2D eigenvalue weighted by molar-refractivity contribution is 5.89. The molecular formula is C13H21NO5. The van der Waals surface area contributed by atoms with Gasteiger partial charge in [0.1, 0.15) is 5.60 Å². The summed E-state index contributed by atoms with van der Waals surface area (Å²) in [6.07, 6.45) is 0.908. The molecule has 0 aromatic carbocycles. The van der Waals surface area contributed by atoms with Gasteiger partial charge in [0.15, 0.2) is 0 Å². The van der Waals surface area contributed by atoms with Crippen molar-refractivity contribution in [2.24, 2.45) is 0 Å². The molecule has 1 aliphatic heterocycles. The van der Waals surface area contributed by atoms with E-state index in [0.29, 0.717) is 12.0 Å². The highest BCUT2D eigenvalue weighted by atomic mass is 16.6. The molecule has 0 aromatic heterocycles. The topological polar surface area (TPSA) is 76.1 Å². The smallest absolute Gasteiger partial charge is 0.407 e. The van der Waals surface area contributed by atoms with Gasteiger partial charge in [-0.1, -0.05) is 6.08 Å². The Balaban J connectivity index is 2.77. The number of hydrogen-bond donors (Lipinski definition) is 1. The van der Waals surface area contributed by atoms with Crippen molar-refractivity contribution >= 4 is 12.1 Å². The molecule has 0 fully saturated rings. The van der Waals surface area contributed by atoms with E-state index in [4.69, 9.17) is 14.6 Å². The minimum atomic E-state index is -1.01. The van der Waals surface area contributed by atoms with Crippen LogP contribution in [-0.2, 0) is 14.3 Å². The van der Waals surface area contributed by atoms with Crippen LogP contribution in [0.4, 0.5) is 4.79 Å². The maximum atomic E-state index is 11.9. The zero-order valence-corrected chi connectivity index (χ0v) is 11.8. The Bertz CT molecular complexity index is 383. The highest BCUT2D eigenvalue weighted by Crippen LogP contribution is 2.21. The molecule has 0 bridgehead atoms. The summed E-state index contributed by atoms with van der Waals surface area (Å²) in [4.78, 5) is 24.3. The third kappa shape index (κ3) is 4.55. The summed E-state index contributed by atoms with van der Waals surface area (Å²) in [5.74, 6) is -0.390. The predicted molar refractivity (Wildman–Crippen MR) is 68.9 cm³/mol. The van der Waals surface area contributed by atoms with E-state index in [1.54, 1.807) is 26.8 Å². The van der Waals surface area contributed by atoms with Gasteiger partial charge in [-0.15, -0.1) is 0 Å². The van der Waals surface area contributed by atoms with Crippen molar-refractivity contribution in [3.63, 3.8) is 0 Å². The summed E-state index contributed by atoms with van der Waals surface area (Å²) >= 11 is 0. The van der Waals surface area contributed by atoms with Crippen LogP contribution in [0.5, 0.6) is 0 Å². The second-order valence-electron chi connectivity index (χ2n) is 5.48. The monoisotopic (exact) mass is 271 g/mol. The average Bonchev–Trinajstić information content (AvgIpc) is 2.26. The molecule has 6 heteroatoms. The Kier molecular flexibility index (Phi) is 4.94. The summed E-state index contributed by atoms with van der Waals surface area (Å²) in [5, 5.41) is 9.07. The van der Waals surface area contributed by atoms with Crippen LogP contribution >= 0.6 is 0 Å². The van der Waals surface area contributed by atoms with Gasteiger partial charge in [0.05, 0.1) is 12.6 Å². The third-order valence-corrected chi connectivity index (χ3v) is 2.70. The molecule has 1 rings (SSSR count). The molecule has 1 heterocycles. The average molecular weight is 271 g/mol. The van der Waals surface area contributed by atoms with Crippen LogP contribution in [-0.4, -0.2) is 54.0 Å². The fourth-order valence-corrected chi connectivity index (χ4v) is 1.89. The van der Waals surface area contributed by atoms with Gasteiger partial charge in [-0.25, -0.2) is 9.59 Å². The van der Waals surface area contributed by atoms with E-state index >= 15 is 0 Å². The van der Waals surface area contributed by atoms with Gasteiger partial charge in [0.2, 0.25) is 0 Å². The first-order valence-electron chi connectivity index (χ1n) is 6.15. The fraction of sp³-hybridized carbons (Fsp3) is 0.692. The maximum absolute atomic E-state index is 11.9. The third-order valence-electron chi connectivity index (χ3n) is 2.70. The molecule has 0 unspecified atom stereocenters. The zero-order valence-electron chi connectivity index (χ0n) is 11.8. The summed E-state index contributed by atoms with van der Waals surface area (Å²) < 4.78 is 10.3. The molecule has 1 aliphatic rings. The molecule has 6 nitrogen and oxygen atoms in total. The standard InChI is InChI=1S/C13H21NO5/c1-13(2,3)19-11(15)9-5-6-14(12(16)17)10(7-9)8-18-4/h5,10H,6-8H2,1-4H3,(H,16,17)/t10-/m0/s1. The predicted octanol–water partition coefficient (Wildman–Crippen LogP) is 1.65. The molecule has 19 heavy (non-hydrogen) atoms. The maximum Gasteiger partial charge on any atom is 0.407 e. The van der Waals surface area contributed by atoms with Crippen molar-refractivity contribution < 1.29 is 24.2 Å². The van der Waals surface area contributed by atoms with Crippen molar-refractivity contribution in [3.8, 4) is 0 Å². The molecule has 0 aromatic rings. The van der Waals surface area contributed by atoms with Crippen molar-refractivity contribution in [2.45, 2.75) is 38.8 Å². The molecule has 0 radical (unpaired) electrons. The van der Waals surface area contributed by atoms with Crippen LogP contribution in [0.15, 0.2) is 11.6 Å². The molecule has 0 spiro atoms. The van der Waals surface area contributed by atoms with Crippen LogP contribution in [0, 0.1) is 0 Å². The van der Waals surface area contributed by atoms with Gasteiger partial charge in [-0.05, 0) is 20.8 Å². The van der Waals surface area contributed by atoms with E-state index in [1.807, 2.05) is 0 Å². The van der Waals surface area contributed by atoms with Crippen molar-refractivity contribution in [2.75, 3.05) is 20.3 Å². The lowest BCUT2D eigenvalue weighted by molar-refractivity contribution is -0.150. The number of rotatable bonds is 3. The number of carbonyl (C=O) groups is 2. The Hall–Kier alpha value is -1.56. The van der Waals surface area contributed by atoms with Crippen LogP contribution < -0.4 is 0 Å². The van der Waals surface area contributed by atoms with E-state index in [1.165, 1.54) is 12.0 Å². The minimum Gasteiger partial charge on any atom is -0.465 e. The largest absolute Gasteiger partial charge is 0.465 e. The van der Waals surface area contributed by atoms with E-state index in [2.05, 4.69) is 0 Å². The first kappa shape index (κ1) is 15.5. The normalized spacial score (nSPS) is 19.9. The lowest BCUT2D eigenvalue weighted by atomic mass is 10.0. The van der Waals surface area contributed by atoms with Crippen LogP contribution in [0.25, 0.3) is 0 Å². The van der Waals surface area contributed by atoms with Gasteiger partial charge in [-0.3, -0.25) is 4.90 Å². The molecule has 108 valence electrons. The van der Waals surface area contributed by atoms with Crippen molar-refractivity contribution in [3.05, 3.63) is 11.6 Å². The van der Waals surface area contributed by atoms with Gasteiger partial charge < -0.3 is 14.6 Å². The van der Waals surface area contributed by atoms with Crippen molar-refractivity contribution in [1.29, 1.82) is 0 Å². The van der Waals surface area contributed by atoms with E-state index in [0.717, 1.165) is 0 Å². The number of carbonyl (C=O) groups excluding carboxylic acids is 1. The van der Waals surface area contributed by atoms with Gasteiger partial charge in [0.25, 0.3) is 0 Å². The van der Waals surface area contributed by atoms with Crippen LogP contribution in [0.3, 0.4) is 0 Å². The zero-order chi connectivity index (χ0) is 14.6. The van der Waals surface area contributed by atoms with Gasteiger partial charge in [0, 0.05) is 25.6 Å². The van der Waals surface area contributed by atoms with Crippen LogP contribution in [0.2, 0.25) is 0 Å². The molecule has 1 N–H and O–H groups in total. The summed E-state index contributed by atoms with van der Waals surface area (Å²) in [7, 11) is 1.51. The molecule has 0 saturated carbocycles. The number of nitrogens with zero attached hydrogens (tertiary/aromatic N) is 1. The Morgan fingerprint density at radius 1 is 1.47 bits per heavy atom. The number of methoxy groups -OCH3 is 1. The molecule has 1 amide bonds. The van der Waals surface area contributed by atoms with Crippen LogP contribution in [0.1, 0.15) is 27.2 Å². The van der Waals surface area contributed by atoms with Gasteiger partial charge in [-0.2, -0.15) is 0 Å². The van der Waals surface area contributed by atoms with E-state index in [-0.39, 0.29) is 19.2 Å². The van der Waals surface area contributed by atoms with Crippen molar-refractivity contribution in [1.82, 2.24) is 4.90 Å². The number of carboxylic acid groups (broad SMARTS) is 1. The lowest BCUT2D eigenvalue weighted by Gasteiger charge is -2.32. The highest BCUT2D eigenvalue weighted by Gasteiger charge is 2.31. The summed E-state index contributed by atoms with van der Waals surface area (Å²) in [5.41, 5.74) is -0.0482.